The van der Waals surface area contributed by atoms with E-state index in [4.69, 9.17) is 11.6 Å². The number of hydrogen-bond donors (Lipinski definition) is 0. The minimum Gasteiger partial charge on any atom is -0.302 e. The van der Waals surface area contributed by atoms with Crippen LogP contribution in [-0.4, -0.2) is 23.5 Å². The number of thiazole rings is 1. The lowest BCUT2D eigenvalue weighted by atomic mass is 10.1. The summed E-state index contributed by atoms with van der Waals surface area (Å²) in [4.78, 5) is 6.53. The van der Waals surface area contributed by atoms with E-state index in [-0.39, 0.29) is 5.82 Å². The maximum atomic E-state index is 14.2. The molecule has 2 aromatic rings. The first-order chi connectivity index (χ1) is 10.1. The molecule has 0 aliphatic heterocycles. The highest BCUT2D eigenvalue weighted by atomic mass is 35.5. The van der Waals surface area contributed by atoms with Gasteiger partial charge in [0.1, 0.15) is 10.8 Å². The first-order valence-electron chi connectivity index (χ1n) is 7.11. The number of alkyl halides is 1. The van der Waals surface area contributed by atoms with E-state index in [1.165, 1.54) is 11.3 Å². The second-order valence-corrected chi connectivity index (χ2v) is 6.30. The zero-order chi connectivity index (χ0) is 15.2. The van der Waals surface area contributed by atoms with Gasteiger partial charge in [0.25, 0.3) is 0 Å². The molecule has 0 radical (unpaired) electrons. The van der Waals surface area contributed by atoms with Crippen LogP contribution in [0.25, 0.3) is 10.6 Å². The maximum absolute atomic E-state index is 14.2. The molecule has 21 heavy (non-hydrogen) atoms. The molecule has 0 spiro atoms. The molecule has 0 bridgehead atoms. The van der Waals surface area contributed by atoms with Crippen molar-refractivity contribution in [2.45, 2.75) is 32.2 Å². The van der Waals surface area contributed by atoms with Crippen molar-refractivity contribution in [2.75, 3.05) is 13.6 Å². The molecule has 0 saturated heterocycles. The molecule has 0 amide bonds. The highest BCUT2D eigenvalue weighted by Gasteiger charge is 2.10. The van der Waals surface area contributed by atoms with Crippen molar-refractivity contribution in [1.82, 2.24) is 9.88 Å². The number of hydrogen-bond acceptors (Lipinski definition) is 3. The van der Waals surface area contributed by atoms with Crippen LogP contribution < -0.4 is 0 Å². The molecule has 0 aliphatic carbocycles. The van der Waals surface area contributed by atoms with Crippen molar-refractivity contribution in [1.29, 1.82) is 0 Å². The molecular formula is C16H20ClFN2S. The summed E-state index contributed by atoms with van der Waals surface area (Å²) in [6.45, 7) is 3.78. The molecule has 0 saturated carbocycles. The molecule has 1 aromatic heterocycles. The van der Waals surface area contributed by atoms with Crippen molar-refractivity contribution in [2.24, 2.45) is 0 Å². The van der Waals surface area contributed by atoms with Gasteiger partial charge in [0.15, 0.2) is 0 Å². The number of unbranched alkanes of at least 4 members (excludes halogenated alkanes) is 1. The topological polar surface area (TPSA) is 16.1 Å². The Morgan fingerprint density at radius 1 is 1.38 bits per heavy atom. The summed E-state index contributed by atoms with van der Waals surface area (Å²) in [7, 11) is 2.02. The number of aromatic nitrogens is 1. The van der Waals surface area contributed by atoms with E-state index in [9.17, 15) is 4.39 Å². The van der Waals surface area contributed by atoms with E-state index in [1.54, 1.807) is 6.07 Å². The first-order valence-corrected chi connectivity index (χ1v) is 8.53. The van der Waals surface area contributed by atoms with Crippen molar-refractivity contribution >= 4 is 22.9 Å². The van der Waals surface area contributed by atoms with Crippen LogP contribution in [0.4, 0.5) is 4.39 Å². The summed E-state index contributed by atoms with van der Waals surface area (Å²) < 4.78 is 14.2. The maximum Gasteiger partial charge on any atom is 0.128 e. The van der Waals surface area contributed by atoms with Gasteiger partial charge < -0.3 is 4.90 Å². The average molecular weight is 327 g/mol. The standard InChI is InChI=1S/C16H20ClFN2S/c1-3-4-7-20(2)10-13-6-5-12(8-15(13)18)16-19-14(9-17)11-21-16/h5-6,8,11H,3-4,7,9-10H2,1-2H3. The van der Waals surface area contributed by atoms with Gasteiger partial charge in [-0.2, -0.15) is 0 Å². The van der Waals surface area contributed by atoms with Gasteiger partial charge in [-0.15, -0.1) is 22.9 Å². The van der Waals surface area contributed by atoms with Crippen LogP contribution in [0.15, 0.2) is 23.6 Å². The summed E-state index contributed by atoms with van der Waals surface area (Å²) >= 11 is 7.24. The molecule has 1 aromatic carbocycles. The molecule has 2 nitrogen and oxygen atoms in total. The molecule has 114 valence electrons. The second kappa shape index (κ2) is 7.87. The van der Waals surface area contributed by atoms with Crippen molar-refractivity contribution in [3.05, 3.63) is 40.7 Å². The largest absolute Gasteiger partial charge is 0.302 e. The molecule has 1 heterocycles. The van der Waals surface area contributed by atoms with Gasteiger partial charge >= 0.3 is 0 Å². The smallest absolute Gasteiger partial charge is 0.128 e. The first kappa shape index (κ1) is 16.4. The van der Waals surface area contributed by atoms with Crippen LogP contribution in [-0.2, 0) is 12.4 Å². The minimum absolute atomic E-state index is 0.168. The van der Waals surface area contributed by atoms with Gasteiger partial charge in [-0.3, -0.25) is 0 Å². The fraction of sp³-hybridized carbons (Fsp3) is 0.438. The van der Waals surface area contributed by atoms with E-state index in [0.29, 0.717) is 12.4 Å². The highest BCUT2D eigenvalue weighted by Crippen LogP contribution is 2.26. The molecule has 0 aliphatic rings. The molecule has 0 atom stereocenters. The normalized spacial score (nSPS) is 11.3. The van der Waals surface area contributed by atoms with Gasteiger partial charge in [0.05, 0.1) is 11.6 Å². The monoisotopic (exact) mass is 326 g/mol. The highest BCUT2D eigenvalue weighted by molar-refractivity contribution is 7.13. The summed E-state index contributed by atoms with van der Waals surface area (Å²) in [5.41, 5.74) is 2.38. The Hall–Kier alpha value is -0.970. The predicted octanol–water partition coefficient (Wildman–Crippen LogP) is 4.92. The number of halogens is 2. The SMILES string of the molecule is CCCCN(C)Cc1ccc(-c2nc(CCl)cs2)cc1F. The van der Waals surface area contributed by atoms with Gasteiger partial charge in [0, 0.05) is 23.1 Å². The third-order valence-corrected chi connectivity index (χ3v) is 4.54. The zero-order valence-corrected chi connectivity index (χ0v) is 14.0. The Morgan fingerprint density at radius 2 is 2.19 bits per heavy atom. The quantitative estimate of drug-likeness (QED) is 0.671. The lowest BCUT2D eigenvalue weighted by Crippen LogP contribution is -2.19. The zero-order valence-electron chi connectivity index (χ0n) is 12.4. The Bertz CT molecular complexity index is 585. The van der Waals surface area contributed by atoms with Crippen molar-refractivity contribution < 1.29 is 4.39 Å². The van der Waals surface area contributed by atoms with Gasteiger partial charge in [-0.25, -0.2) is 9.37 Å². The van der Waals surface area contributed by atoms with Crippen LogP contribution in [0.3, 0.4) is 0 Å². The van der Waals surface area contributed by atoms with Gasteiger partial charge in [-0.05, 0) is 26.1 Å². The van der Waals surface area contributed by atoms with Gasteiger partial charge in [-0.1, -0.05) is 25.5 Å². The molecule has 0 fully saturated rings. The molecular weight excluding hydrogens is 307 g/mol. The second-order valence-electron chi connectivity index (χ2n) is 5.18. The van der Waals surface area contributed by atoms with E-state index >= 15 is 0 Å². The summed E-state index contributed by atoms with van der Waals surface area (Å²) in [6.07, 6.45) is 2.29. The number of benzene rings is 1. The minimum atomic E-state index is -0.168. The Labute approximate surface area is 134 Å². The van der Waals surface area contributed by atoms with E-state index in [0.717, 1.165) is 41.2 Å². The van der Waals surface area contributed by atoms with Crippen molar-refractivity contribution in [3.63, 3.8) is 0 Å². The summed E-state index contributed by atoms with van der Waals surface area (Å²) in [6, 6.07) is 5.36. The Kier molecular flexibility index (Phi) is 6.15. The van der Waals surface area contributed by atoms with Crippen LogP contribution in [0.1, 0.15) is 31.0 Å². The average Bonchev–Trinajstić information content (AvgIpc) is 2.96. The van der Waals surface area contributed by atoms with Crippen molar-refractivity contribution in [3.8, 4) is 10.6 Å². The van der Waals surface area contributed by atoms with E-state index in [2.05, 4.69) is 16.8 Å². The summed E-state index contributed by atoms with van der Waals surface area (Å²) in [5, 5.41) is 2.72. The third kappa shape index (κ3) is 4.50. The fourth-order valence-corrected chi connectivity index (χ4v) is 3.15. The van der Waals surface area contributed by atoms with Crippen LogP contribution in [0, 0.1) is 5.82 Å². The Balaban J connectivity index is 2.10. The number of rotatable bonds is 7. The summed E-state index contributed by atoms with van der Waals surface area (Å²) in [5.74, 6) is 0.220. The van der Waals surface area contributed by atoms with Gasteiger partial charge in [0.2, 0.25) is 0 Å². The predicted molar refractivity (Wildman–Crippen MR) is 88.3 cm³/mol. The van der Waals surface area contributed by atoms with Crippen LogP contribution in [0.2, 0.25) is 0 Å². The third-order valence-electron chi connectivity index (χ3n) is 3.32. The van der Waals surface area contributed by atoms with E-state index in [1.807, 2.05) is 24.6 Å². The molecule has 0 unspecified atom stereocenters. The lowest BCUT2D eigenvalue weighted by molar-refractivity contribution is 0.315. The Morgan fingerprint density at radius 3 is 2.81 bits per heavy atom. The number of nitrogens with zero attached hydrogens (tertiary/aromatic N) is 2. The molecule has 2 rings (SSSR count). The van der Waals surface area contributed by atoms with Crippen LogP contribution in [0.5, 0.6) is 0 Å². The van der Waals surface area contributed by atoms with E-state index < -0.39 is 0 Å². The molecule has 0 N–H and O–H groups in total. The van der Waals surface area contributed by atoms with Crippen LogP contribution >= 0.6 is 22.9 Å². The fourth-order valence-electron chi connectivity index (χ4n) is 2.11. The molecule has 5 heteroatoms. The lowest BCUT2D eigenvalue weighted by Gasteiger charge is -2.16.